The molecule has 4 rings (SSSR count). The molecule has 0 bridgehead atoms. The van der Waals surface area contributed by atoms with Crippen molar-refractivity contribution in [1.82, 2.24) is 9.88 Å². The fraction of sp³-hybridized carbons (Fsp3) is 0.647. The van der Waals surface area contributed by atoms with Crippen molar-refractivity contribution in [2.75, 3.05) is 19.7 Å². The Kier molecular flexibility index (Phi) is 3.61. The standard InChI is InChI=1S/C17H21FN2O3/c18-17(4-5-17)15(21)20-11-16(12-20)9-14(3-8-23-16)22-10-13-1-6-19-7-2-13/h1-2,6-7,14H,3-5,8-12H2. The van der Waals surface area contributed by atoms with Crippen LogP contribution < -0.4 is 0 Å². The van der Waals surface area contributed by atoms with Gasteiger partial charge in [0.2, 0.25) is 0 Å². The first-order valence-electron chi connectivity index (χ1n) is 8.21. The fourth-order valence-corrected chi connectivity index (χ4v) is 3.44. The molecule has 3 aliphatic rings. The minimum atomic E-state index is -1.58. The number of pyridine rings is 1. The maximum atomic E-state index is 13.8. The lowest BCUT2D eigenvalue weighted by atomic mass is 9.84. The van der Waals surface area contributed by atoms with Crippen LogP contribution in [0.15, 0.2) is 24.5 Å². The summed E-state index contributed by atoms with van der Waals surface area (Å²) in [5, 5.41) is 0. The Morgan fingerprint density at radius 2 is 2.13 bits per heavy atom. The monoisotopic (exact) mass is 320 g/mol. The lowest BCUT2D eigenvalue weighted by Gasteiger charge is -2.53. The number of hydrogen-bond acceptors (Lipinski definition) is 4. The van der Waals surface area contributed by atoms with E-state index in [9.17, 15) is 9.18 Å². The van der Waals surface area contributed by atoms with Crippen LogP contribution in [-0.2, 0) is 20.9 Å². The van der Waals surface area contributed by atoms with Gasteiger partial charge in [0, 0.05) is 25.4 Å². The van der Waals surface area contributed by atoms with Gasteiger partial charge in [-0.3, -0.25) is 9.78 Å². The highest BCUT2D eigenvalue weighted by Gasteiger charge is 2.58. The van der Waals surface area contributed by atoms with Crippen LogP contribution in [0.2, 0.25) is 0 Å². The number of carbonyl (C=O) groups is 1. The summed E-state index contributed by atoms with van der Waals surface area (Å²) >= 11 is 0. The van der Waals surface area contributed by atoms with Crippen LogP contribution in [0.4, 0.5) is 4.39 Å². The van der Waals surface area contributed by atoms with Crippen molar-refractivity contribution >= 4 is 5.91 Å². The lowest BCUT2D eigenvalue weighted by molar-refractivity contribution is -0.205. The molecule has 1 aromatic rings. The molecule has 1 amide bonds. The third kappa shape index (κ3) is 2.97. The highest BCUT2D eigenvalue weighted by molar-refractivity contribution is 5.88. The normalized spacial score (nSPS) is 27.5. The second-order valence-corrected chi connectivity index (χ2v) is 6.94. The average Bonchev–Trinajstić information content (AvgIpc) is 3.30. The van der Waals surface area contributed by atoms with E-state index in [1.165, 1.54) is 0 Å². The zero-order valence-corrected chi connectivity index (χ0v) is 13.0. The quantitative estimate of drug-likeness (QED) is 0.850. The predicted octanol–water partition coefficient (Wildman–Crippen LogP) is 1.86. The summed E-state index contributed by atoms with van der Waals surface area (Å²) in [5.74, 6) is -0.355. The summed E-state index contributed by atoms with van der Waals surface area (Å²) in [7, 11) is 0. The van der Waals surface area contributed by atoms with Crippen molar-refractivity contribution in [3.63, 3.8) is 0 Å². The molecule has 1 atom stereocenters. The minimum absolute atomic E-state index is 0.120. The second kappa shape index (κ2) is 5.53. The Bertz CT molecular complexity index is 585. The molecule has 2 aliphatic heterocycles. The minimum Gasteiger partial charge on any atom is -0.373 e. The van der Waals surface area contributed by atoms with E-state index >= 15 is 0 Å². The van der Waals surface area contributed by atoms with Gasteiger partial charge < -0.3 is 14.4 Å². The number of aromatic nitrogens is 1. The van der Waals surface area contributed by atoms with Gasteiger partial charge in [0.05, 0.1) is 25.8 Å². The Hall–Kier alpha value is -1.53. The summed E-state index contributed by atoms with van der Waals surface area (Å²) in [4.78, 5) is 17.6. The van der Waals surface area contributed by atoms with Crippen LogP contribution in [-0.4, -0.2) is 52.9 Å². The van der Waals surface area contributed by atoms with Crippen molar-refractivity contribution in [1.29, 1.82) is 0 Å². The van der Waals surface area contributed by atoms with E-state index in [1.807, 2.05) is 12.1 Å². The first-order chi connectivity index (χ1) is 11.1. The molecule has 1 aromatic heterocycles. The van der Waals surface area contributed by atoms with Gasteiger partial charge in [-0.2, -0.15) is 0 Å². The molecule has 0 radical (unpaired) electrons. The van der Waals surface area contributed by atoms with Gasteiger partial charge in [-0.1, -0.05) is 0 Å². The molecule has 1 aliphatic carbocycles. The maximum Gasteiger partial charge on any atom is 0.260 e. The van der Waals surface area contributed by atoms with Gasteiger partial charge >= 0.3 is 0 Å². The molecule has 124 valence electrons. The van der Waals surface area contributed by atoms with Crippen molar-refractivity contribution < 1.29 is 18.7 Å². The molecule has 23 heavy (non-hydrogen) atoms. The Balaban J connectivity index is 1.29. The van der Waals surface area contributed by atoms with Crippen LogP contribution >= 0.6 is 0 Å². The number of hydrogen-bond donors (Lipinski definition) is 0. The molecule has 2 saturated heterocycles. The molecular weight excluding hydrogens is 299 g/mol. The topological polar surface area (TPSA) is 51.7 Å². The number of ether oxygens (including phenoxy) is 2. The molecule has 3 fully saturated rings. The average molecular weight is 320 g/mol. The van der Waals surface area contributed by atoms with Crippen LogP contribution in [0.3, 0.4) is 0 Å². The largest absolute Gasteiger partial charge is 0.373 e. The molecule has 0 N–H and O–H groups in total. The number of nitrogens with zero attached hydrogens (tertiary/aromatic N) is 2. The van der Waals surface area contributed by atoms with E-state index in [4.69, 9.17) is 9.47 Å². The van der Waals surface area contributed by atoms with E-state index in [-0.39, 0.29) is 17.6 Å². The molecule has 5 nitrogen and oxygen atoms in total. The third-order valence-electron chi connectivity index (χ3n) is 5.00. The van der Waals surface area contributed by atoms with Crippen LogP contribution in [0, 0.1) is 0 Å². The first-order valence-corrected chi connectivity index (χ1v) is 8.21. The Labute approximate surface area is 134 Å². The molecule has 1 saturated carbocycles. The van der Waals surface area contributed by atoms with Gasteiger partial charge in [-0.15, -0.1) is 0 Å². The van der Waals surface area contributed by atoms with Gasteiger partial charge in [0.1, 0.15) is 5.60 Å². The zero-order chi connectivity index (χ0) is 15.9. The predicted molar refractivity (Wildman–Crippen MR) is 80.4 cm³/mol. The highest BCUT2D eigenvalue weighted by Crippen LogP contribution is 2.44. The molecule has 1 unspecified atom stereocenters. The molecule has 0 aromatic carbocycles. The summed E-state index contributed by atoms with van der Waals surface area (Å²) in [5.41, 5.74) is -0.811. The maximum absolute atomic E-state index is 13.8. The third-order valence-corrected chi connectivity index (χ3v) is 5.00. The molecule has 1 spiro atoms. The van der Waals surface area contributed by atoms with Crippen LogP contribution in [0.5, 0.6) is 0 Å². The van der Waals surface area contributed by atoms with E-state index in [0.29, 0.717) is 39.1 Å². The number of amides is 1. The van der Waals surface area contributed by atoms with Gasteiger partial charge in [0.25, 0.3) is 5.91 Å². The number of likely N-dealkylation sites (tertiary alicyclic amines) is 1. The second-order valence-electron chi connectivity index (χ2n) is 6.94. The van der Waals surface area contributed by atoms with E-state index in [1.54, 1.807) is 17.3 Å². The molecule has 3 heterocycles. The van der Waals surface area contributed by atoms with Crippen molar-refractivity contribution in [3.8, 4) is 0 Å². The number of alkyl halides is 1. The lowest BCUT2D eigenvalue weighted by Crippen LogP contribution is -2.68. The van der Waals surface area contributed by atoms with Gasteiger partial charge in [0.15, 0.2) is 5.67 Å². The summed E-state index contributed by atoms with van der Waals surface area (Å²) in [6.07, 6.45) is 5.99. The van der Waals surface area contributed by atoms with Crippen molar-refractivity contribution in [3.05, 3.63) is 30.1 Å². The zero-order valence-electron chi connectivity index (χ0n) is 13.0. The van der Waals surface area contributed by atoms with E-state index in [0.717, 1.165) is 18.4 Å². The van der Waals surface area contributed by atoms with Crippen molar-refractivity contribution in [2.24, 2.45) is 0 Å². The summed E-state index contributed by atoms with van der Waals surface area (Å²) in [6, 6.07) is 3.88. The molecular formula is C17H21FN2O3. The van der Waals surface area contributed by atoms with E-state index in [2.05, 4.69) is 4.98 Å². The number of carbonyl (C=O) groups excluding carboxylic acids is 1. The van der Waals surface area contributed by atoms with Crippen LogP contribution in [0.25, 0.3) is 0 Å². The van der Waals surface area contributed by atoms with Crippen LogP contribution in [0.1, 0.15) is 31.2 Å². The SMILES string of the molecule is O=C(N1CC2(CC(OCc3ccncc3)CCO2)C1)C1(F)CC1. The Morgan fingerprint density at radius 3 is 2.83 bits per heavy atom. The van der Waals surface area contributed by atoms with Gasteiger partial charge in [-0.25, -0.2) is 4.39 Å². The van der Waals surface area contributed by atoms with Crippen molar-refractivity contribution in [2.45, 2.75) is 49.7 Å². The Morgan fingerprint density at radius 1 is 1.39 bits per heavy atom. The number of halogens is 1. The highest BCUT2D eigenvalue weighted by atomic mass is 19.1. The summed E-state index contributed by atoms with van der Waals surface area (Å²) in [6.45, 7) is 2.17. The van der Waals surface area contributed by atoms with E-state index < -0.39 is 5.67 Å². The van der Waals surface area contributed by atoms with Gasteiger partial charge in [-0.05, 0) is 37.0 Å². The smallest absolute Gasteiger partial charge is 0.260 e. The molecule has 6 heteroatoms. The fourth-order valence-electron chi connectivity index (χ4n) is 3.44. The summed E-state index contributed by atoms with van der Waals surface area (Å²) < 4.78 is 25.7. The first kappa shape index (κ1) is 15.0. The number of rotatable bonds is 4.